The van der Waals surface area contributed by atoms with Gasteiger partial charge in [-0.1, -0.05) is 50.3 Å². The van der Waals surface area contributed by atoms with Gasteiger partial charge in [0.25, 0.3) is 0 Å². The molecule has 0 amide bonds. The van der Waals surface area contributed by atoms with E-state index in [1.54, 1.807) is 0 Å². The molecular formula is C12H24N2O2. The van der Waals surface area contributed by atoms with Crippen LogP contribution in [0.2, 0.25) is 0 Å². The van der Waals surface area contributed by atoms with E-state index in [0.29, 0.717) is 0 Å². The van der Waals surface area contributed by atoms with Crippen LogP contribution in [0.25, 0.3) is 0 Å². The molecule has 0 heterocycles. The molecule has 0 atom stereocenters. The summed E-state index contributed by atoms with van der Waals surface area (Å²) in [6.45, 7) is 6.17. The molecule has 0 aliphatic rings. The van der Waals surface area contributed by atoms with E-state index in [-0.39, 0.29) is 5.92 Å². The summed E-state index contributed by atoms with van der Waals surface area (Å²) in [5.74, 6) is -0.0000926. The number of nitrogens with zero attached hydrogens (tertiary/aromatic N) is 2. The Hall–Kier alpha value is -1.06. The maximum absolute atomic E-state index is 9.02. The van der Waals surface area contributed by atoms with Crippen molar-refractivity contribution in [1.29, 1.82) is 0 Å². The summed E-state index contributed by atoms with van der Waals surface area (Å²) >= 11 is 0. The molecule has 0 bridgehead atoms. The first-order chi connectivity index (χ1) is 7.74. The van der Waals surface area contributed by atoms with E-state index < -0.39 is 0 Å². The standard InChI is InChI=1S/C12H24N2O2/c1-4-7-10(11(13-15)8-5-2)12(14-16)9-6-3/h10,15-16H,4-9H2,1-3H3. The smallest absolute Gasteiger partial charge is 0.0658 e. The first-order valence-electron chi connectivity index (χ1n) is 6.16. The summed E-state index contributed by atoms with van der Waals surface area (Å²) in [5, 5.41) is 24.8. The third kappa shape index (κ3) is 4.64. The third-order valence-electron chi connectivity index (χ3n) is 2.65. The minimum atomic E-state index is -0.0000926. The van der Waals surface area contributed by atoms with Crippen molar-refractivity contribution in [2.75, 3.05) is 0 Å². The van der Waals surface area contributed by atoms with Crippen LogP contribution in [0, 0.1) is 5.92 Å². The maximum Gasteiger partial charge on any atom is 0.0658 e. The zero-order valence-electron chi connectivity index (χ0n) is 10.6. The lowest BCUT2D eigenvalue weighted by molar-refractivity contribution is 0.308. The minimum Gasteiger partial charge on any atom is -0.411 e. The fourth-order valence-electron chi connectivity index (χ4n) is 1.91. The Kier molecular flexibility index (Phi) is 8.58. The molecule has 0 aliphatic heterocycles. The van der Waals surface area contributed by atoms with E-state index >= 15 is 0 Å². The number of oxime groups is 2. The summed E-state index contributed by atoms with van der Waals surface area (Å²) in [7, 11) is 0. The normalized spacial score (nSPS) is 15.2. The summed E-state index contributed by atoms with van der Waals surface area (Å²) in [6.07, 6.45) is 5.23. The second-order valence-electron chi connectivity index (χ2n) is 4.02. The van der Waals surface area contributed by atoms with E-state index in [1.165, 1.54) is 0 Å². The van der Waals surface area contributed by atoms with Crippen molar-refractivity contribution in [3.8, 4) is 0 Å². The molecule has 0 fully saturated rings. The Labute approximate surface area is 98.0 Å². The molecular weight excluding hydrogens is 204 g/mol. The van der Waals surface area contributed by atoms with Crippen LogP contribution >= 0.6 is 0 Å². The molecule has 0 saturated carbocycles. The van der Waals surface area contributed by atoms with E-state index in [2.05, 4.69) is 17.2 Å². The van der Waals surface area contributed by atoms with Gasteiger partial charge in [0.1, 0.15) is 0 Å². The van der Waals surface area contributed by atoms with Gasteiger partial charge in [-0.15, -0.1) is 0 Å². The van der Waals surface area contributed by atoms with Crippen LogP contribution in [0.3, 0.4) is 0 Å². The molecule has 94 valence electrons. The molecule has 0 unspecified atom stereocenters. The molecule has 0 rings (SSSR count). The van der Waals surface area contributed by atoms with Crippen molar-refractivity contribution in [3.63, 3.8) is 0 Å². The van der Waals surface area contributed by atoms with Gasteiger partial charge in [-0.3, -0.25) is 0 Å². The molecule has 0 aromatic rings. The van der Waals surface area contributed by atoms with Gasteiger partial charge in [0, 0.05) is 5.92 Å². The van der Waals surface area contributed by atoms with Crippen LogP contribution in [0.4, 0.5) is 0 Å². The first kappa shape index (κ1) is 14.9. The van der Waals surface area contributed by atoms with Gasteiger partial charge in [-0.05, 0) is 19.3 Å². The van der Waals surface area contributed by atoms with Gasteiger partial charge in [0.2, 0.25) is 0 Å². The fraction of sp³-hybridized carbons (Fsp3) is 0.833. The minimum absolute atomic E-state index is 0.0000926. The first-order valence-corrected chi connectivity index (χ1v) is 6.16. The van der Waals surface area contributed by atoms with Gasteiger partial charge in [0.15, 0.2) is 0 Å². The number of hydrogen-bond acceptors (Lipinski definition) is 4. The number of hydrogen-bond donors (Lipinski definition) is 2. The highest BCUT2D eigenvalue weighted by Crippen LogP contribution is 2.17. The molecule has 2 N–H and O–H groups in total. The van der Waals surface area contributed by atoms with E-state index in [4.69, 9.17) is 10.4 Å². The largest absolute Gasteiger partial charge is 0.411 e. The van der Waals surface area contributed by atoms with Gasteiger partial charge in [0.05, 0.1) is 11.4 Å². The van der Waals surface area contributed by atoms with Crippen LogP contribution in [0.15, 0.2) is 10.3 Å². The summed E-state index contributed by atoms with van der Waals surface area (Å²) in [5.41, 5.74) is 1.48. The van der Waals surface area contributed by atoms with Gasteiger partial charge in [-0.25, -0.2) is 0 Å². The zero-order chi connectivity index (χ0) is 12.4. The lowest BCUT2D eigenvalue weighted by Crippen LogP contribution is -2.24. The van der Waals surface area contributed by atoms with Crippen LogP contribution in [0.5, 0.6) is 0 Å². The van der Waals surface area contributed by atoms with Crippen molar-refractivity contribution in [3.05, 3.63) is 0 Å². The molecule has 0 aromatic carbocycles. The van der Waals surface area contributed by atoms with E-state index in [0.717, 1.165) is 49.9 Å². The average Bonchev–Trinajstić information content (AvgIpc) is 2.31. The van der Waals surface area contributed by atoms with Crippen molar-refractivity contribution in [2.45, 2.75) is 59.3 Å². The Balaban J connectivity index is 4.80. The quantitative estimate of drug-likeness (QED) is 0.378. The zero-order valence-corrected chi connectivity index (χ0v) is 10.6. The lowest BCUT2D eigenvalue weighted by Gasteiger charge is -2.18. The summed E-state index contributed by atoms with van der Waals surface area (Å²) in [6, 6.07) is 0. The highest BCUT2D eigenvalue weighted by molar-refractivity contribution is 6.07. The monoisotopic (exact) mass is 228 g/mol. The molecule has 4 nitrogen and oxygen atoms in total. The molecule has 4 heteroatoms. The van der Waals surface area contributed by atoms with Gasteiger partial charge in [-0.2, -0.15) is 0 Å². The molecule has 0 saturated heterocycles. The fourth-order valence-corrected chi connectivity index (χ4v) is 1.91. The second-order valence-corrected chi connectivity index (χ2v) is 4.02. The van der Waals surface area contributed by atoms with Crippen LogP contribution in [-0.4, -0.2) is 21.8 Å². The Bertz CT molecular complexity index is 215. The van der Waals surface area contributed by atoms with E-state index in [9.17, 15) is 0 Å². The SMILES string of the molecule is CCCC(=NO)C(CCC)C(CCC)=NO. The van der Waals surface area contributed by atoms with Gasteiger partial charge < -0.3 is 10.4 Å². The van der Waals surface area contributed by atoms with Crippen LogP contribution in [-0.2, 0) is 0 Å². The summed E-state index contributed by atoms with van der Waals surface area (Å²) < 4.78 is 0. The molecule has 0 aliphatic carbocycles. The lowest BCUT2D eigenvalue weighted by atomic mass is 9.88. The molecule has 0 radical (unpaired) electrons. The van der Waals surface area contributed by atoms with Gasteiger partial charge >= 0.3 is 0 Å². The highest BCUT2D eigenvalue weighted by Gasteiger charge is 2.21. The van der Waals surface area contributed by atoms with E-state index in [1.807, 2.05) is 13.8 Å². The summed E-state index contributed by atoms with van der Waals surface area (Å²) in [4.78, 5) is 0. The molecule has 0 aromatic heterocycles. The Morgan fingerprint density at radius 2 is 1.31 bits per heavy atom. The molecule has 0 spiro atoms. The topological polar surface area (TPSA) is 65.2 Å². The third-order valence-corrected chi connectivity index (χ3v) is 2.65. The average molecular weight is 228 g/mol. The second kappa shape index (κ2) is 9.19. The predicted octanol–water partition coefficient (Wildman–Crippen LogP) is 3.66. The predicted molar refractivity (Wildman–Crippen MR) is 66.7 cm³/mol. The van der Waals surface area contributed by atoms with Crippen molar-refractivity contribution in [1.82, 2.24) is 0 Å². The highest BCUT2D eigenvalue weighted by atomic mass is 16.4. The Morgan fingerprint density at radius 1 is 0.875 bits per heavy atom. The van der Waals surface area contributed by atoms with Crippen molar-refractivity contribution in [2.24, 2.45) is 16.2 Å². The number of rotatable bonds is 8. The van der Waals surface area contributed by atoms with Crippen LogP contribution < -0.4 is 0 Å². The molecule has 16 heavy (non-hydrogen) atoms. The van der Waals surface area contributed by atoms with Crippen molar-refractivity contribution < 1.29 is 10.4 Å². The van der Waals surface area contributed by atoms with Crippen molar-refractivity contribution >= 4 is 11.4 Å². The Morgan fingerprint density at radius 3 is 1.56 bits per heavy atom. The van der Waals surface area contributed by atoms with Crippen LogP contribution in [0.1, 0.15) is 59.3 Å². The maximum atomic E-state index is 9.02.